The van der Waals surface area contributed by atoms with Gasteiger partial charge >= 0.3 is 5.97 Å². The molecule has 0 bridgehead atoms. The molecule has 1 N–H and O–H groups in total. The van der Waals surface area contributed by atoms with E-state index in [1.54, 1.807) is 6.08 Å². The minimum atomic E-state index is -0.866. The van der Waals surface area contributed by atoms with Gasteiger partial charge in [0.05, 0.1) is 0 Å². The summed E-state index contributed by atoms with van der Waals surface area (Å²) in [5.74, 6) is -0.586. The summed E-state index contributed by atoms with van der Waals surface area (Å²) in [6, 6.07) is 0. The first-order valence-electron chi connectivity index (χ1n) is 5.24. The van der Waals surface area contributed by atoms with Crippen LogP contribution in [0.2, 0.25) is 0 Å². The lowest BCUT2D eigenvalue weighted by molar-refractivity contribution is -0.131. The van der Waals surface area contributed by atoms with Gasteiger partial charge in [0.1, 0.15) is 0 Å². The number of rotatable bonds is 7. The van der Waals surface area contributed by atoms with E-state index < -0.39 is 5.97 Å². The monoisotopic (exact) mass is 196 g/mol. The van der Waals surface area contributed by atoms with Crippen molar-refractivity contribution in [2.24, 2.45) is 5.92 Å². The quantitative estimate of drug-likeness (QED) is 0.385. The largest absolute Gasteiger partial charge is 0.478 e. The van der Waals surface area contributed by atoms with Crippen molar-refractivity contribution < 1.29 is 9.90 Å². The van der Waals surface area contributed by atoms with Crippen molar-refractivity contribution in [1.82, 2.24) is 0 Å². The maximum absolute atomic E-state index is 10.3. The number of hydrogen-bond acceptors (Lipinski definition) is 1. The number of allylic oxidation sites excluding steroid dienone is 3. The molecule has 0 spiro atoms. The third kappa shape index (κ3) is 7.59. The Morgan fingerprint density at radius 1 is 1.36 bits per heavy atom. The minimum absolute atomic E-state index is 0.280. The van der Waals surface area contributed by atoms with E-state index >= 15 is 0 Å². The summed E-state index contributed by atoms with van der Waals surface area (Å²) in [6.07, 6.45) is 11.6. The lowest BCUT2D eigenvalue weighted by atomic mass is 10.0. The van der Waals surface area contributed by atoms with Crippen LogP contribution in [0.4, 0.5) is 0 Å². The second-order valence-corrected chi connectivity index (χ2v) is 3.38. The second kappa shape index (κ2) is 8.54. The van der Waals surface area contributed by atoms with Crippen molar-refractivity contribution in [3.8, 4) is 0 Å². The van der Waals surface area contributed by atoms with Gasteiger partial charge in [0.25, 0.3) is 0 Å². The van der Waals surface area contributed by atoms with E-state index in [9.17, 15) is 4.79 Å². The molecule has 1 unspecified atom stereocenters. The number of hydrogen-bond donors (Lipinski definition) is 1. The molecule has 0 aromatic rings. The van der Waals surface area contributed by atoms with Crippen molar-refractivity contribution in [3.63, 3.8) is 0 Å². The van der Waals surface area contributed by atoms with Crippen LogP contribution in [-0.2, 0) is 4.79 Å². The van der Waals surface area contributed by atoms with Gasteiger partial charge in [-0.3, -0.25) is 0 Å². The van der Waals surface area contributed by atoms with Gasteiger partial charge in [0, 0.05) is 6.08 Å². The SMILES string of the molecule is CC=CC(C=CC(=O)O)CCCCC. The molecule has 0 aliphatic heterocycles. The van der Waals surface area contributed by atoms with Gasteiger partial charge in [-0.1, -0.05) is 44.4 Å². The summed E-state index contributed by atoms with van der Waals surface area (Å²) >= 11 is 0. The number of carboxylic acid groups (broad SMARTS) is 1. The van der Waals surface area contributed by atoms with Gasteiger partial charge in [-0.25, -0.2) is 4.79 Å². The summed E-state index contributed by atoms with van der Waals surface area (Å²) < 4.78 is 0. The fourth-order valence-electron chi connectivity index (χ4n) is 1.34. The van der Waals surface area contributed by atoms with Crippen molar-refractivity contribution in [1.29, 1.82) is 0 Å². The molecule has 1 atom stereocenters. The zero-order valence-electron chi connectivity index (χ0n) is 9.07. The van der Waals surface area contributed by atoms with E-state index in [-0.39, 0.29) is 5.92 Å². The molecular weight excluding hydrogens is 176 g/mol. The van der Waals surface area contributed by atoms with Crippen LogP contribution in [0.25, 0.3) is 0 Å². The normalized spacial score (nSPS) is 13.9. The van der Waals surface area contributed by atoms with Gasteiger partial charge in [0.2, 0.25) is 0 Å². The topological polar surface area (TPSA) is 37.3 Å². The molecule has 0 fully saturated rings. The van der Waals surface area contributed by atoms with Crippen LogP contribution in [0, 0.1) is 5.92 Å². The van der Waals surface area contributed by atoms with E-state index in [1.807, 2.05) is 13.0 Å². The Morgan fingerprint density at radius 2 is 2.07 bits per heavy atom. The molecule has 14 heavy (non-hydrogen) atoms. The van der Waals surface area contributed by atoms with Gasteiger partial charge < -0.3 is 5.11 Å². The molecule has 0 saturated heterocycles. The van der Waals surface area contributed by atoms with E-state index in [4.69, 9.17) is 5.11 Å². The standard InChI is InChI=1S/C12H20O2/c1-3-5-6-8-11(7-4-2)9-10-12(13)14/h4,7,9-11H,3,5-6,8H2,1-2H3,(H,13,14). The first-order chi connectivity index (χ1) is 6.70. The summed E-state index contributed by atoms with van der Waals surface area (Å²) in [5.41, 5.74) is 0. The fraction of sp³-hybridized carbons (Fsp3) is 0.583. The highest BCUT2D eigenvalue weighted by Gasteiger charge is 2.00. The molecule has 0 saturated carbocycles. The molecule has 2 nitrogen and oxygen atoms in total. The predicted molar refractivity (Wildman–Crippen MR) is 59.2 cm³/mol. The van der Waals surface area contributed by atoms with Crippen molar-refractivity contribution in [3.05, 3.63) is 24.3 Å². The predicted octanol–water partition coefficient (Wildman–Crippen LogP) is 3.40. The number of carbonyl (C=O) groups is 1. The molecule has 0 aromatic carbocycles. The van der Waals surface area contributed by atoms with Crippen LogP contribution in [0.15, 0.2) is 24.3 Å². The molecule has 0 rings (SSSR count). The van der Waals surface area contributed by atoms with Crippen molar-refractivity contribution in [2.75, 3.05) is 0 Å². The number of carboxylic acids is 1. The van der Waals surface area contributed by atoms with Crippen LogP contribution in [-0.4, -0.2) is 11.1 Å². The summed E-state index contributed by atoms with van der Waals surface area (Å²) in [4.78, 5) is 10.3. The summed E-state index contributed by atoms with van der Waals surface area (Å²) in [6.45, 7) is 4.12. The lowest BCUT2D eigenvalue weighted by Gasteiger charge is -2.05. The van der Waals surface area contributed by atoms with Gasteiger partial charge in [-0.05, 0) is 19.3 Å². The van der Waals surface area contributed by atoms with Crippen molar-refractivity contribution >= 4 is 5.97 Å². The third-order valence-electron chi connectivity index (χ3n) is 2.07. The van der Waals surface area contributed by atoms with Crippen LogP contribution in [0.1, 0.15) is 39.5 Å². The Balaban J connectivity index is 3.95. The average Bonchev–Trinajstić information content (AvgIpc) is 2.14. The Hall–Kier alpha value is -1.05. The highest BCUT2D eigenvalue weighted by molar-refractivity contribution is 5.79. The maximum Gasteiger partial charge on any atom is 0.327 e. The van der Waals surface area contributed by atoms with Gasteiger partial charge in [-0.15, -0.1) is 0 Å². The van der Waals surface area contributed by atoms with E-state index in [1.165, 1.54) is 18.9 Å². The smallest absolute Gasteiger partial charge is 0.327 e. The average molecular weight is 196 g/mol. The Bertz CT molecular complexity index is 204. The van der Waals surface area contributed by atoms with Crippen LogP contribution in [0.5, 0.6) is 0 Å². The zero-order chi connectivity index (χ0) is 10.8. The minimum Gasteiger partial charge on any atom is -0.478 e. The third-order valence-corrected chi connectivity index (χ3v) is 2.07. The molecule has 0 aromatic heterocycles. The van der Waals surface area contributed by atoms with Crippen LogP contribution < -0.4 is 0 Å². The van der Waals surface area contributed by atoms with Crippen LogP contribution in [0.3, 0.4) is 0 Å². The zero-order valence-corrected chi connectivity index (χ0v) is 9.07. The van der Waals surface area contributed by atoms with E-state index in [0.717, 1.165) is 12.8 Å². The Morgan fingerprint density at radius 3 is 2.57 bits per heavy atom. The molecular formula is C12H20O2. The van der Waals surface area contributed by atoms with E-state index in [2.05, 4.69) is 13.0 Å². The number of unbranched alkanes of at least 4 members (excludes halogenated alkanes) is 2. The Labute approximate surface area is 86.3 Å². The molecule has 2 heteroatoms. The molecule has 0 aliphatic rings. The van der Waals surface area contributed by atoms with Gasteiger partial charge in [-0.2, -0.15) is 0 Å². The molecule has 0 radical (unpaired) electrons. The molecule has 80 valence electrons. The maximum atomic E-state index is 10.3. The first-order valence-corrected chi connectivity index (χ1v) is 5.24. The molecule has 0 amide bonds. The number of aliphatic carboxylic acids is 1. The fourth-order valence-corrected chi connectivity index (χ4v) is 1.34. The van der Waals surface area contributed by atoms with Crippen molar-refractivity contribution in [2.45, 2.75) is 39.5 Å². The molecule has 0 aliphatic carbocycles. The summed E-state index contributed by atoms with van der Waals surface area (Å²) in [7, 11) is 0. The van der Waals surface area contributed by atoms with Crippen LogP contribution >= 0.6 is 0 Å². The second-order valence-electron chi connectivity index (χ2n) is 3.38. The van der Waals surface area contributed by atoms with Gasteiger partial charge in [0.15, 0.2) is 0 Å². The summed E-state index contributed by atoms with van der Waals surface area (Å²) in [5, 5.41) is 8.49. The first kappa shape index (κ1) is 12.9. The highest BCUT2D eigenvalue weighted by atomic mass is 16.4. The lowest BCUT2D eigenvalue weighted by Crippen LogP contribution is -1.95. The van der Waals surface area contributed by atoms with E-state index in [0.29, 0.717) is 0 Å². The molecule has 0 heterocycles. The highest BCUT2D eigenvalue weighted by Crippen LogP contribution is 2.12. The Kier molecular flexibility index (Phi) is 7.90.